The molecule has 0 aliphatic rings. The summed E-state index contributed by atoms with van der Waals surface area (Å²) in [6.45, 7) is 0. The van der Waals surface area contributed by atoms with E-state index in [9.17, 15) is 26.3 Å². The Bertz CT molecular complexity index is 319. The number of hydrogen-bond acceptors (Lipinski definition) is 2. The zero-order chi connectivity index (χ0) is 12.4. The van der Waals surface area contributed by atoms with E-state index < -0.39 is 24.2 Å². The van der Waals surface area contributed by atoms with Gasteiger partial charge in [0.1, 0.15) is 5.75 Å². The molecule has 0 fully saturated rings. The van der Waals surface area contributed by atoms with E-state index in [-0.39, 0.29) is 0 Å². The molecule has 0 aliphatic heterocycles. The number of pyridine rings is 1. The van der Waals surface area contributed by atoms with E-state index in [0.717, 1.165) is 12.3 Å². The van der Waals surface area contributed by atoms with Crippen molar-refractivity contribution in [1.82, 2.24) is 4.98 Å². The standard InChI is InChI=1S/C8H5F6NO/c9-7(10,11)6(8(12,13)14)16-5-2-1-3-15-4-5/h1-4,6H. The van der Waals surface area contributed by atoms with Crippen molar-refractivity contribution in [3.05, 3.63) is 24.5 Å². The summed E-state index contributed by atoms with van der Waals surface area (Å²) in [6.07, 6.45) is -12.9. The first kappa shape index (κ1) is 12.6. The van der Waals surface area contributed by atoms with Gasteiger partial charge in [-0.15, -0.1) is 0 Å². The lowest BCUT2D eigenvalue weighted by Gasteiger charge is -2.23. The van der Waals surface area contributed by atoms with Crippen LogP contribution >= 0.6 is 0 Å². The maximum Gasteiger partial charge on any atom is 0.434 e. The van der Waals surface area contributed by atoms with Gasteiger partial charge < -0.3 is 4.74 Å². The molecule has 0 aliphatic carbocycles. The Morgan fingerprint density at radius 1 is 1.06 bits per heavy atom. The molecule has 0 radical (unpaired) electrons. The van der Waals surface area contributed by atoms with Gasteiger partial charge in [-0.3, -0.25) is 4.98 Å². The van der Waals surface area contributed by atoms with Crippen molar-refractivity contribution >= 4 is 0 Å². The van der Waals surface area contributed by atoms with Crippen LogP contribution in [0.2, 0.25) is 0 Å². The summed E-state index contributed by atoms with van der Waals surface area (Å²) in [5, 5.41) is 0. The van der Waals surface area contributed by atoms with Gasteiger partial charge in [0.2, 0.25) is 0 Å². The first-order valence-corrected chi connectivity index (χ1v) is 3.91. The first-order valence-electron chi connectivity index (χ1n) is 3.91. The molecule has 0 spiro atoms. The topological polar surface area (TPSA) is 22.1 Å². The minimum atomic E-state index is -5.52. The summed E-state index contributed by atoms with van der Waals surface area (Å²) < 4.78 is 76.0. The van der Waals surface area contributed by atoms with Crippen LogP contribution in [0, 0.1) is 0 Å². The zero-order valence-electron chi connectivity index (χ0n) is 7.51. The van der Waals surface area contributed by atoms with E-state index in [2.05, 4.69) is 9.72 Å². The number of halogens is 6. The third-order valence-electron chi connectivity index (χ3n) is 1.48. The Kier molecular flexibility index (Phi) is 3.30. The monoisotopic (exact) mass is 245 g/mol. The van der Waals surface area contributed by atoms with Crippen LogP contribution in [0.15, 0.2) is 24.5 Å². The van der Waals surface area contributed by atoms with Crippen molar-refractivity contribution in [3.63, 3.8) is 0 Å². The van der Waals surface area contributed by atoms with Crippen LogP contribution < -0.4 is 4.74 Å². The van der Waals surface area contributed by atoms with E-state index in [1.54, 1.807) is 0 Å². The first-order chi connectivity index (χ1) is 7.21. The summed E-state index contributed by atoms with van der Waals surface area (Å²) in [4.78, 5) is 3.34. The van der Waals surface area contributed by atoms with Crippen LogP contribution in [0.1, 0.15) is 0 Å². The Morgan fingerprint density at radius 2 is 1.62 bits per heavy atom. The molecule has 1 aromatic rings. The second-order valence-electron chi connectivity index (χ2n) is 2.77. The van der Waals surface area contributed by atoms with Crippen molar-refractivity contribution in [1.29, 1.82) is 0 Å². The summed E-state index contributed by atoms with van der Waals surface area (Å²) >= 11 is 0. The molecule has 0 unspecified atom stereocenters. The number of nitrogens with zero attached hydrogens (tertiary/aromatic N) is 1. The summed E-state index contributed by atoms with van der Waals surface area (Å²) in [6, 6.07) is 2.12. The van der Waals surface area contributed by atoms with E-state index >= 15 is 0 Å². The molecule has 0 atom stereocenters. The number of ether oxygens (including phenoxy) is 1. The van der Waals surface area contributed by atoms with E-state index in [1.807, 2.05) is 0 Å². The highest BCUT2D eigenvalue weighted by molar-refractivity contribution is 5.16. The van der Waals surface area contributed by atoms with Crippen molar-refractivity contribution in [2.45, 2.75) is 18.5 Å². The second-order valence-corrected chi connectivity index (χ2v) is 2.77. The zero-order valence-corrected chi connectivity index (χ0v) is 7.51. The molecule has 0 bridgehead atoms. The molecule has 16 heavy (non-hydrogen) atoms. The van der Waals surface area contributed by atoms with Crippen LogP contribution in [-0.2, 0) is 0 Å². The summed E-state index contributed by atoms with van der Waals surface area (Å²) in [7, 11) is 0. The summed E-state index contributed by atoms with van der Waals surface area (Å²) in [5.41, 5.74) is 0. The minimum Gasteiger partial charge on any atom is -0.470 e. The molecule has 0 saturated carbocycles. The highest BCUT2D eigenvalue weighted by Crippen LogP contribution is 2.36. The third kappa shape index (κ3) is 3.28. The number of rotatable bonds is 2. The van der Waals surface area contributed by atoms with Gasteiger partial charge in [0, 0.05) is 6.20 Å². The van der Waals surface area contributed by atoms with Crippen molar-refractivity contribution in [3.8, 4) is 5.75 Å². The van der Waals surface area contributed by atoms with E-state index in [4.69, 9.17) is 0 Å². The highest BCUT2D eigenvalue weighted by atomic mass is 19.4. The average Bonchev–Trinajstić information content (AvgIpc) is 2.12. The normalized spacial score (nSPS) is 12.9. The maximum absolute atomic E-state index is 12.0. The molecule has 8 heteroatoms. The lowest BCUT2D eigenvalue weighted by atomic mass is 10.3. The van der Waals surface area contributed by atoms with E-state index in [1.165, 1.54) is 12.3 Å². The van der Waals surface area contributed by atoms with Crippen LogP contribution in [0.25, 0.3) is 0 Å². The van der Waals surface area contributed by atoms with Crippen LogP contribution in [0.4, 0.5) is 26.3 Å². The van der Waals surface area contributed by atoms with Gasteiger partial charge in [-0.25, -0.2) is 0 Å². The van der Waals surface area contributed by atoms with E-state index in [0.29, 0.717) is 0 Å². The van der Waals surface area contributed by atoms with Crippen LogP contribution in [-0.4, -0.2) is 23.4 Å². The molecule has 0 saturated heterocycles. The maximum atomic E-state index is 12.0. The Morgan fingerprint density at radius 3 is 2.00 bits per heavy atom. The van der Waals surface area contributed by atoms with Gasteiger partial charge in [0.05, 0.1) is 6.20 Å². The fraction of sp³-hybridized carbons (Fsp3) is 0.375. The molecular formula is C8H5F6NO. The average molecular weight is 245 g/mol. The van der Waals surface area contributed by atoms with Gasteiger partial charge in [0.25, 0.3) is 6.10 Å². The Balaban J connectivity index is 2.89. The molecule has 90 valence electrons. The molecule has 0 N–H and O–H groups in total. The van der Waals surface area contributed by atoms with Gasteiger partial charge in [-0.05, 0) is 12.1 Å². The Labute approximate surface area is 85.9 Å². The quantitative estimate of drug-likeness (QED) is 0.747. The molecule has 1 aromatic heterocycles. The second kappa shape index (κ2) is 4.18. The molecule has 0 amide bonds. The molecule has 0 aromatic carbocycles. The summed E-state index contributed by atoms with van der Waals surface area (Å²) in [5.74, 6) is -0.595. The Hall–Kier alpha value is -1.47. The molecule has 1 rings (SSSR count). The number of alkyl halides is 6. The largest absolute Gasteiger partial charge is 0.470 e. The smallest absolute Gasteiger partial charge is 0.434 e. The predicted molar refractivity (Wildman–Crippen MR) is 40.8 cm³/mol. The molecule has 1 heterocycles. The minimum absolute atomic E-state index is 0.595. The van der Waals surface area contributed by atoms with Crippen molar-refractivity contribution in [2.24, 2.45) is 0 Å². The van der Waals surface area contributed by atoms with Gasteiger partial charge in [0.15, 0.2) is 0 Å². The molecular weight excluding hydrogens is 240 g/mol. The fourth-order valence-electron chi connectivity index (χ4n) is 0.872. The van der Waals surface area contributed by atoms with Crippen LogP contribution in [0.5, 0.6) is 5.75 Å². The lowest BCUT2D eigenvalue weighted by Crippen LogP contribution is -2.46. The lowest BCUT2D eigenvalue weighted by molar-refractivity contribution is -0.299. The van der Waals surface area contributed by atoms with Gasteiger partial charge in [-0.2, -0.15) is 26.3 Å². The fourth-order valence-corrected chi connectivity index (χ4v) is 0.872. The predicted octanol–water partition coefficient (Wildman–Crippen LogP) is 2.95. The third-order valence-corrected chi connectivity index (χ3v) is 1.48. The molecule has 2 nitrogen and oxygen atoms in total. The SMILES string of the molecule is FC(F)(F)C(Oc1cccnc1)C(F)(F)F. The number of hydrogen-bond donors (Lipinski definition) is 0. The van der Waals surface area contributed by atoms with Gasteiger partial charge >= 0.3 is 12.4 Å². The van der Waals surface area contributed by atoms with Gasteiger partial charge in [-0.1, -0.05) is 0 Å². The number of aromatic nitrogens is 1. The highest BCUT2D eigenvalue weighted by Gasteiger charge is 2.59. The van der Waals surface area contributed by atoms with Crippen LogP contribution in [0.3, 0.4) is 0 Å². The van der Waals surface area contributed by atoms with Crippen molar-refractivity contribution < 1.29 is 31.1 Å². The van der Waals surface area contributed by atoms with Crippen molar-refractivity contribution in [2.75, 3.05) is 0 Å².